The predicted octanol–water partition coefficient (Wildman–Crippen LogP) is 3.40. The smallest absolute Gasteiger partial charge is 0.255 e. The van der Waals surface area contributed by atoms with Crippen LogP contribution in [0.15, 0.2) is 54.9 Å². The molecule has 0 radical (unpaired) electrons. The number of benzene rings is 1. The van der Waals surface area contributed by atoms with E-state index in [4.69, 9.17) is 0 Å². The number of carbonyl (C=O) groups excluding carboxylic acids is 1. The van der Waals surface area contributed by atoms with Crippen molar-refractivity contribution in [1.29, 1.82) is 0 Å². The van der Waals surface area contributed by atoms with Crippen molar-refractivity contribution in [3.8, 4) is 0 Å². The second-order valence-corrected chi connectivity index (χ2v) is 6.40. The number of pyridine rings is 1. The molecule has 1 atom stereocenters. The summed E-state index contributed by atoms with van der Waals surface area (Å²) in [6.45, 7) is 1.61. The van der Waals surface area contributed by atoms with Gasteiger partial charge in [-0.25, -0.2) is 0 Å². The van der Waals surface area contributed by atoms with E-state index in [1.54, 1.807) is 12.4 Å². The normalized spacial score (nSPS) is 19.0. The monoisotopic (exact) mass is 298 g/mol. The van der Waals surface area contributed by atoms with Gasteiger partial charge in [0.05, 0.1) is 5.56 Å². The van der Waals surface area contributed by atoms with E-state index in [1.807, 2.05) is 34.9 Å². The van der Waals surface area contributed by atoms with E-state index in [-0.39, 0.29) is 5.91 Å². The number of hydrogen-bond acceptors (Lipinski definition) is 3. The van der Waals surface area contributed by atoms with Crippen LogP contribution in [0.1, 0.15) is 27.6 Å². The van der Waals surface area contributed by atoms with Crippen molar-refractivity contribution < 1.29 is 4.79 Å². The molecule has 1 aromatic carbocycles. The lowest BCUT2D eigenvalue weighted by molar-refractivity contribution is 0.0766. The topological polar surface area (TPSA) is 33.2 Å². The molecule has 1 aromatic heterocycles. The van der Waals surface area contributed by atoms with Crippen LogP contribution in [0.3, 0.4) is 0 Å². The molecule has 0 N–H and O–H groups in total. The molecule has 0 unspecified atom stereocenters. The number of hydrogen-bond donors (Lipinski definition) is 0. The maximum atomic E-state index is 12.5. The average Bonchev–Trinajstić information content (AvgIpc) is 2.82. The van der Waals surface area contributed by atoms with Gasteiger partial charge in [0.2, 0.25) is 0 Å². The third kappa shape index (κ3) is 3.45. The summed E-state index contributed by atoms with van der Waals surface area (Å²) >= 11 is 1.94. The highest BCUT2D eigenvalue weighted by Gasteiger charge is 2.22. The molecule has 0 bridgehead atoms. The molecule has 2 aromatic rings. The highest BCUT2D eigenvalue weighted by Crippen LogP contribution is 2.34. The Morgan fingerprint density at radius 2 is 2.00 bits per heavy atom. The molecule has 1 aliphatic heterocycles. The minimum Gasteiger partial charge on any atom is -0.338 e. The van der Waals surface area contributed by atoms with Crippen molar-refractivity contribution in [2.45, 2.75) is 11.7 Å². The molecule has 0 saturated carbocycles. The molecular formula is C17H18N2OS. The fourth-order valence-electron chi connectivity index (χ4n) is 2.58. The van der Waals surface area contributed by atoms with Crippen LogP contribution in [-0.4, -0.2) is 34.6 Å². The van der Waals surface area contributed by atoms with Gasteiger partial charge in [0.1, 0.15) is 0 Å². The van der Waals surface area contributed by atoms with E-state index in [2.05, 4.69) is 29.2 Å². The van der Waals surface area contributed by atoms with Gasteiger partial charge < -0.3 is 4.90 Å². The largest absolute Gasteiger partial charge is 0.338 e. The Bertz CT molecular complexity index is 588. The highest BCUT2D eigenvalue weighted by molar-refractivity contribution is 7.99. The molecule has 1 aliphatic rings. The van der Waals surface area contributed by atoms with E-state index in [9.17, 15) is 4.79 Å². The lowest BCUT2D eigenvalue weighted by Gasteiger charge is -2.20. The molecule has 1 fully saturated rings. The number of amides is 1. The molecule has 1 amide bonds. The van der Waals surface area contributed by atoms with Crippen molar-refractivity contribution in [3.63, 3.8) is 0 Å². The van der Waals surface area contributed by atoms with Gasteiger partial charge in [0.25, 0.3) is 5.91 Å². The molecule has 0 aliphatic carbocycles. The van der Waals surface area contributed by atoms with Crippen LogP contribution in [-0.2, 0) is 0 Å². The van der Waals surface area contributed by atoms with Gasteiger partial charge >= 0.3 is 0 Å². The molecule has 108 valence electrons. The van der Waals surface area contributed by atoms with Crippen molar-refractivity contribution in [2.24, 2.45) is 0 Å². The quantitative estimate of drug-likeness (QED) is 0.852. The predicted molar refractivity (Wildman–Crippen MR) is 86.4 cm³/mol. The third-order valence-corrected chi connectivity index (χ3v) is 5.04. The van der Waals surface area contributed by atoms with Gasteiger partial charge in [-0.1, -0.05) is 30.3 Å². The van der Waals surface area contributed by atoms with Crippen LogP contribution in [0.25, 0.3) is 0 Å². The van der Waals surface area contributed by atoms with Crippen LogP contribution in [0.2, 0.25) is 0 Å². The Morgan fingerprint density at radius 3 is 2.76 bits per heavy atom. The van der Waals surface area contributed by atoms with Crippen LogP contribution in [0.4, 0.5) is 0 Å². The molecule has 3 rings (SSSR count). The third-order valence-electron chi connectivity index (χ3n) is 3.71. The molecule has 21 heavy (non-hydrogen) atoms. The zero-order chi connectivity index (χ0) is 14.5. The Labute approximate surface area is 129 Å². The fraction of sp³-hybridized carbons (Fsp3) is 0.294. The standard InChI is InChI=1S/C17H18N2OS/c20-17(15-7-4-9-18-13-15)19-10-8-16(21-12-11-19)14-5-2-1-3-6-14/h1-7,9,13,16H,8,10-12H2/t16-/m0/s1. The first kappa shape index (κ1) is 14.1. The van der Waals surface area contributed by atoms with Gasteiger partial charge in [0.15, 0.2) is 0 Å². The first-order valence-electron chi connectivity index (χ1n) is 7.20. The van der Waals surface area contributed by atoms with E-state index in [0.717, 1.165) is 25.3 Å². The van der Waals surface area contributed by atoms with Crippen LogP contribution in [0.5, 0.6) is 0 Å². The summed E-state index contributed by atoms with van der Waals surface area (Å²) in [7, 11) is 0. The van der Waals surface area contributed by atoms with Gasteiger partial charge in [-0.2, -0.15) is 11.8 Å². The Kier molecular flexibility index (Phi) is 4.55. The summed E-state index contributed by atoms with van der Waals surface area (Å²) in [5, 5.41) is 0.484. The van der Waals surface area contributed by atoms with E-state index < -0.39 is 0 Å². The summed E-state index contributed by atoms with van der Waals surface area (Å²) < 4.78 is 0. The Balaban J connectivity index is 1.67. The van der Waals surface area contributed by atoms with Crippen LogP contribution < -0.4 is 0 Å². The first-order chi connectivity index (χ1) is 10.3. The number of nitrogens with zero attached hydrogens (tertiary/aromatic N) is 2. The van der Waals surface area contributed by atoms with Gasteiger partial charge in [0, 0.05) is 36.5 Å². The van der Waals surface area contributed by atoms with Gasteiger partial charge in [-0.05, 0) is 24.1 Å². The molecule has 1 saturated heterocycles. The SMILES string of the molecule is O=C(c1cccnc1)N1CCS[C@H](c2ccccc2)CC1. The van der Waals surface area contributed by atoms with Gasteiger partial charge in [-0.15, -0.1) is 0 Å². The minimum atomic E-state index is 0.0948. The average molecular weight is 298 g/mol. The maximum absolute atomic E-state index is 12.5. The van der Waals surface area contributed by atoms with E-state index >= 15 is 0 Å². The lowest BCUT2D eigenvalue weighted by Crippen LogP contribution is -2.33. The maximum Gasteiger partial charge on any atom is 0.255 e. The molecule has 4 heteroatoms. The lowest BCUT2D eigenvalue weighted by atomic mass is 10.1. The second kappa shape index (κ2) is 6.76. The zero-order valence-electron chi connectivity index (χ0n) is 11.8. The summed E-state index contributed by atoms with van der Waals surface area (Å²) in [6, 6.07) is 14.2. The summed E-state index contributed by atoms with van der Waals surface area (Å²) in [5.74, 6) is 1.07. The Morgan fingerprint density at radius 1 is 1.14 bits per heavy atom. The van der Waals surface area contributed by atoms with Gasteiger partial charge in [-0.3, -0.25) is 9.78 Å². The zero-order valence-corrected chi connectivity index (χ0v) is 12.6. The van der Waals surface area contributed by atoms with Crippen molar-refractivity contribution in [3.05, 3.63) is 66.0 Å². The van der Waals surface area contributed by atoms with Crippen LogP contribution in [0, 0.1) is 0 Å². The summed E-state index contributed by atoms with van der Waals surface area (Å²) in [4.78, 5) is 18.5. The van der Waals surface area contributed by atoms with Crippen molar-refractivity contribution in [2.75, 3.05) is 18.8 Å². The van der Waals surface area contributed by atoms with Crippen LogP contribution >= 0.6 is 11.8 Å². The second-order valence-electron chi connectivity index (χ2n) is 5.09. The minimum absolute atomic E-state index is 0.0948. The van der Waals surface area contributed by atoms with Crippen molar-refractivity contribution >= 4 is 17.7 Å². The fourth-order valence-corrected chi connectivity index (χ4v) is 3.81. The molecule has 0 spiro atoms. The first-order valence-corrected chi connectivity index (χ1v) is 8.25. The number of rotatable bonds is 2. The number of carbonyl (C=O) groups is 1. The molecular weight excluding hydrogens is 280 g/mol. The number of thioether (sulfide) groups is 1. The molecule has 3 nitrogen and oxygen atoms in total. The summed E-state index contributed by atoms with van der Waals surface area (Å²) in [5.41, 5.74) is 2.04. The van der Waals surface area contributed by atoms with E-state index in [0.29, 0.717) is 10.8 Å². The summed E-state index contributed by atoms with van der Waals surface area (Å²) in [6.07, 6.45) is 4.34. The van der Waals surface area contributed by atoms with Crippen molar-refractivity contribution in [1.82, 2.24) is 9.88 Å². The van der Waals surface area contributed by atoms with E-state index in [1.165, 1.54) is 5.56 Å². The molecule has 2 heterocycles. The number of aromatic nitrogens is 1. The Hall–Kier alpha value is -1.81. The highest BCUT2D eigenvalue weighted by atomic mass is 32.2.